The third-order valence-corrected chi connectivity index (χ3v) is 3.65. The molecule has 0 aliphatic rings. The van der Waals surface area contributed by atoms with E-state index in [0.29, 0.717) is 0 Å². The predicted molar refractivity (Wildman–Crippen MR) is 99.6 cm³/mol. The molecular weight excluding hydrogens is 280 g/mol. The fourth-order valence-electron chi connectivity index (χ4n) is 2.35. The monoisotopic (exact) mass is 302 g/mol. The van der Waals surface area contributed by atoms with Crippen LogP contribution in [-0.2, 0) is 0 Å². The number of rotatable bonds is 2. The average molecular weight is 302 g/mol. The first-order valence-electron chi connectivity index (χ1n) is 7.63. The van der Waals surface area contributed by atoms with E-state index in [9.17, 15) is 0 Å². The highest BCUT2D eigenvalue weighted by molar-refractivity contribution is 5.70. The SMILES string of the molecule is C=CO.Cc1ccc(-c2ccc(-c3ccc(C)cc3)cc2)cc1. The molecule has 3 aromatic rings. The van der Waals surface area contributed by atoms with Gasteiger partial charge in [0.1, 0.15) is 0 Å². The number of aliphatic hydroxyl groups excluding tert-OH is 1. The van der Waals surface area contributed by atoms with E-state index in [-0.39, 0.29) is 0 Å². The maximum atomic E-state index is 7.33. The minimum atomic E-state index is 0.750. The molecule has 0 atom stereocenters. The molecule has 0 radical (unpaired) electrons. The third-order valence-electron chi connectivity index (χ3n) is 3.65. The Hall–Kier alpha value is -2.80. The minimum Gasteiger partial charge on any atom is -0.516 e. The molecule has 0 saturated heterocycles. The Bertz CT molecular complexity index is 671. The summed E-state index contributed by atoms with van der Waals surface area (Å²) < 4.78 is 0. The first kappa shape index (κ1) is 16.6. The molecular formula is C22H22O. The molecule has 0 aliphatic carbocycles. The van der Waals surface area contributed by atoms with Crippen molar-refractivity contribution in [2.45, 2.75) is 13.8 Å². The predicted octanol–water partition coefficient (Wildman–Crippen LogP) is 6.33. The summed E-state index contributed by atoms with van der Waals surface area (Å²) in [5, 5.41) is 7.33. The summed E-state index contributed by atoms with van der Waals surface area (Å²) in [6.07, 6.45) is 0.750. The Morgan fingerprint density at radius 1 is 0.565 bits per heavy atom. The van der Waals surface area contributed by atoms with Crippen molar-refractivity contribution in [3.8, 4) is 22.3 Å². The van der Waals surface area contributed by atoms with Gasteiger partial charge in [-0.1, -0.05) is 90.5 Å². The lowest BCUT2D eigenvalue weighted by Gasteiger charge is -2.06. The van der Waals surface area contributed by atoms with Crippen LogP contribution in [0.3, 0.4) is 0 Å². The highest BCUT2D eigenvalue weighted by Crippen LogP contribution is 2.25. The molecule has 116 valence electrons. The summed E-state index contributed by atoms with van der Waals surface area (Å²) in [5.41, 5.74) is 7.66. The smallest absolute Gasteiger partial charge is 0.0719 e. The number of hydrogen-bond donors (Lipinski definition) is 1. The molecule has 1 nitrogen and oxygen atoms in total. The van der Waals surface area contributed by atoms with E-state index < -0.39 is 0 Å². The molecule has 0 fully saturated rings. The Balaban J connectivity index is 0.000000595. The van der Waals surface area contributed by atoms with Gasteiger partial charge in [-0.25, -0.2) is 0 Å². The maximum Gasteiger partial charge on any atom is 0.0719 e. The summed E-state index contributed by atoms with van der Waals surface area (Å²) in [7, 11) is 0. The summed E-state index contributed by atoms with van der Waals surface area (Å²) in [6.45, 7) is 7.15. The van der Waals surface area contributed by atoms with Gasteiger partial charge in [0.25, 0.3) is 0 Å². The molecule has 0 amide bonds. The topological polar surface area (TPSA) is 20.2 Å². The van der Waals surface area contributed by atoms with Gasteiger partial charge in [0.2, 0.25) is 0 Å². The van der Waals surface area contributed by atoms with E-state index in [1.54, 1.807) is 0 Å². The van der Waals surface area contributed by atoms with Crippen molar-refractivity contribution >= 4 is 0 Å². The number of benzene rings is 3. The second-order valence-electron chi connectivity index (χ2n) is 5.49. The molecule has 0 saturated carbocycles. The Morgan fingerprint density at radius 2 is 0.739 bits per heavy atom. The fourth-order valence-corrected chi connectivity index (χ4v) is 2.35. The zero-order valence-corrected chi connectivity index (χ0v) is 13.7. The summed E-state index contributed by atoms with van der Waals surface area (Å²) in [6, 6.07) is 26.1. The lowest BCUT2D eigenvalue weighted by atomic mass is 9.99. The molecule has 23 heavy (non-hydrogen) atoms. The lowest BCUT2D eigenvalue weighted by Crippen LogP contribution is -1.81. The molecule has 0 bridgehead atoms. The van der Waals surface area contributed by atoms with Gasteiger partial charge in [-0.2, -0.15) is 0 Å². The number of hydrogen-bond acceptors (Lipinski definition) is 1. The molecule has 0 spiro atoms. The molecule has 1 heteroatoms. The second kappa shape index (κ2) is 8.00. The van der Waals surface area contributed by atoms with Crippen molar-refractivity contribution in [1.82, 2.24) is 0 Å². The van der Waals surface area contributed by atoms with E-state index in [1.165, 1.54) is 33.4 Å². The van der Waals surface area contributed by atoms with Crippen LogP contribution in [0.1, 0.15) is 11.1 Å². The number of aliphatic hydroxyl groups is 1. The summed E-state index contributed by atoms with van der Waals surface area (Å²) >= 11 is 0. The normalized spacial score (nSPS) is 9.65. The molecule has 0 unspecified atom stereocenters. The molecule has 3 aromatic carbocycles. The Kier molecular flexibility index (Phi) is 5.76. The standard InChI is InChI=1S/C20H18.C2H4O/c1-15-3-7-17(8-4-15)19-11-13-20(14-12-19)18-9-5-16(2)6-10-18;1-2-3/h3-14H,1-2H3;2-3H,1H2. The van der Waals surface area contributed by atoms with Crippen LogP contribution in [0.5, 0.6) is 0 Å². The molecule has 0 aromatic heterocycles. The van der Waals surface area contributed by atoms with Gasteiger partial charge in [-0.15, -0.1) is 0 Å². The molecule has 0 aliphatic heterocycles. The Labute approximate surface area is 138 Å². The van der Waals surface area contributed by atoms with Crippen LogP contribution in [0.25, 0.3) is 22.3 Å². The quantitative estimate of drug-likeness (QED) is 0.549. The van der Waals surface area contributed by atoms with Crippen molar-refractivity contribution in [3.05, 3.63) is 96.8 Å². The van der Waals surface area contributed by atoms with Crippen LogP contribution in [0.2, 0.25) is 0 Å². The minimum absolute atomic E-state index is 0.750. The van der Waals surface area contributed by atoms with Crippen molar-refractivity contribution in [3.63, 3.8) is 0 Å². The van der Waals surface area contributed by atoms with Crippen LogP contribution in [-0.4, -0.2) is 5.11 Å². The van der Waals surface area contributed by atoms with Crippen molar-refractivity contribution in [2.24, 2.45) is 0 Å². The van der Waals surface area contributed by atoms with Crippen molar-refractivity contribution in [1.29, 1.82) is 0 Å². The van der Waals surface area contributed by atoms with Crippen molar-refractivity contribution in [2.75, 3.05) is 0 Å². The Morgan fingerprint density at radius 3 is 0.957 bits per heavy atom. The van der Waals surface area contributed by atoms with Gasteiger partial charge in [0.15, 0.2) is 0 Å². The summed E-state index contributed by atoms with van der Waals surface area (Å²) in [4.78, 5) is 0. The van der Waals surface area contributed by atoms with Gasteiger partial charge < -0.3 is 5.11 Å². The van der Waals surface area contributed by atoms with E-state index in [2.05, 4.69) is 93.2 Å². The van der Waals surface area contributed by atoms with Gasteiger partial charge in [0.05, 0.1) is 6.26 Å². The average Bonchev–Trinajstić information content (AvgIpc) is 2.57. The van der Waals surface area contributed by atoms with E-state index >= 15 is 0 Å². The highest BCUT2D eigenvalue weighted by atomic mass is 16.2. The molecule has 0 heterocycles. The van der Waals surface area contributed by atoms with E-state index in [4.69, 9.17) is 5.11 Å². The van der Waals surface area contributed by atoms with Gasteiger partial charge in [0, 0.05) is 0 Å². The van der Waals surface area contributed by atoms with Gasteiger partial charge >= 0.3 is 0 Å². The van der Waals surface area contributed by atoms with Crippen LogP contribution in [0.15, 0.2) is 85.6 Å². The fraction of sp³-hybridized carbons (Fsp3) is 0.0909. The zero-order valence-electron chi connectivity index (χ0n) is 13.7. The lowest BCUT2D eigenvalue weighted by molar-refractivity contribution is 0.476. The second-order valence-corrected chi connectivity index (χ2v) is 5.49. The van der Waals surface area contributed by atoms with E-state index in [1.807, 2.05) is 0 Å². The van der Waals surface area contributed by atoms with Crippen LogP contribution in [0, 0.1) is 13.8 Å². The van der Waals surface area contributed by atoms with Gasteiger partial charge in [-0.3, -0.25) is 0 Å². The maximum absolute atomic E-state index is 7.33. The third kappa shape index (κ3) is 4.58. The largest absolute Gasteiger partial charge is 0.516 e. The van der Waals surface area contributed by atoms with E-state index in [0.717, 1.165) is 6.26 Å². The van der Waals surface area contributed by atoms with Crippen LogP contribution in [0.4, 0.5) is 0 Å². The molecule has 3 rings (SSSR count). The van der Waals surface area contributed by atoms with Crippen LogP contribution >= 0.6 is 0 Å². The molecule has 1 N–H and O–H groups in total. The highest BCUT2D eigenvalue weighted by Gasteiger charge is 2.00. The van der Waals surface area contributed by atoms with Crippen molar-refractivity contribution < 1.29 is 5.11 Å². The van der Waals surface area contributed by atoms with Crippen LogP contribution < -0.4 is 0 Å². The first-order chi connectivity index (χ1) is 11.1. The summed E-state index contributed by atoms with van der Waals surface area (Å²) in [5.74, 6) is 0. The zero-order chi connectivity index (χ0) is 16.7. The number of aryl methyl sites for hydroxylation is 2. The first-order valence-corrected chi connectivity index (χ1v) is 7.63. The van der Waals surface area contributed by atoms with Gasteiger partial charge in [-0.05, 0) is 36.1 Å².